The number of hydrogen-bond acceptors (Lipinski definition) is 4. The Balaban J connectivity index is 1.92. The van der Waals surface area contributed by atoms with E-state index in [0.29, 0.717) is 11.3 Å². The molecule has 2 heterocycles. The number of benzene rings is 2. The molecule has 2 aliphatic rings. The van der Waals surface area contributed by atoms with E-state index < -0.39 is 11.2 Å². The SMILES string of the molecule is C[C@@H](NC(=O)c1cc2c(=O)n(C)c(=O)nc-2n(C)c1-c1ccccc1)c1ccccc1. The summed E-state index contributed by atoms with van der Waals surface area (Å²) in [7, 11) is 3.08. The second-order valence-corrected chi connectivity index (χ2v) is 7.43. The van der Waals surface area contributed by atoms with Gasteiger partial charge >= 0.3 is 5.69 Å². The fourth-order valence-corrected chi connectivity index (χ4v) is 3.69. The molecule has 1 atom stereocenters. The zero-order valence-corrected chi connectivity index (χ0v) is 17.5. The maximum Gasteiger partial charge on any atom is 0.352 e. The highest BCUT2D eigenvalue weighted by atomic mass is 16.2. The lowest BCUT2D eigenvalue weighted by Gasteiger charge is -2.21. The van der Waals surface area contributed by atoms with Crippen molar-refractivity contribution < 1.29 is 4.79 Å². The quantitative estimate of drug-likeness (QED) is 0.556. The summed E-state index contributed by atoms with van der Waals surface area (Å²) in [6, 6.07) is 20.3. The van der Waals surface area contributed by atoms with Crippen LogP contribution in [-0.2, 0) is 14.1 Å². The molecule has 7 nitrogen and oxygen atoms in total. The van der Waals surface area contributed by atoms with Gasteiger partial charge in [-0.1, -0.05) is 60.7 Å². The van der Waals surface area contributed by atoms with E-state index in [9.17, 15) is 14.4 Å². The number of carbonyl (C=O) groups excluding carboxylic acids is 1. The van der Waals surface area contributed by atoms with Gasteiger partial charge in [-0.3, -0.25) is 14.2 Å². The number of pyridine rings is 1. The Morgan fingerprint density at radius 2 is 1.55 bits per heavy atom. The maximum atomic E-state index is 13.4. The molecule has 4 rings (SSSR count). The highest BCUT2D eigenvalue weighted by Crippen LogP contribution is 2.29. The Hall–Kier alpha value is -4.00. The maximum absolute atomic E-state index is 13.4. The van der Waals surface area contributed by atoms with Gasteiger partial charge in [-0.25, -0.2) is 4.79 Å². The summed E-state index contributed by atoms with van der Waals surface area (Å²) in [4.78, 5) is 42.3. The molecule has 0 aromatic heterocycles. The molecule has 0 spiro atoms. The molecule has 0 fully saturated rings. The molecule has 7 heteroatoms. The van der Waals surface area contributed by atoms with Crippen LogP contribution in [0, 0.1) is 0 Å². The summed E-state index contributed by atoms with van der Waals surface area (Å²) in [6.45, 7) is 1.90. The molecule has 2 aliphatic heterocycles. The van der Waals surface area contributed by atoms with Crippen molar-refractivity contribution in [3.8, 4) is 22.6 Å². The van der Waals surface area contributed by atoms with Crippen molar-refractivity contribution in [1.82, 2.24) is 19.4 Å². The van der Waals surface area contributed by atoms with Crippen LogP contribution >= 0.6 is 0 Å². The normalized spacial score (nSPS) is 12.0. The minimum absolute atomic E-state index is 0.210. The summed E-state index contributed by atoms with van der Waals surface area (Å²) in [6.07, 6.45) is 0. The third-order valence-corrected chi connectivity index (χ3v) is 5.40. The Kier molecular flexibility index (Phi) is 5.25. The van der Waals surface area contributed by atoms with E-state index in [0.717, 1.165) is 15.7 Å². The van der Waals surface area contributed by atoms with Crippen LogP contribution < -0.4 is 16.6 Å². The summed E-state index contributed by atoms with van der Waals surface area (Å²) >= 11 is 0. The average molecular weight is 414 g/mol. The van der Waals surface area contributed by atoms with Crippen LogP contribution in [0.15, 0.2) is 76.3 Å². The predicted molar refractivity (Wildman–Crippen MR) is 119 cm³/mol. The third-order valence-electron chi connectivity index (χ3n) is 5.40. The lowest BCUT2D eigenvalue weighted by Crippen LogP contribution is -2.36. The van der Waals surface area contributed by atoms with Crippen LogP contribution in [0.4, 0.5) is 0 Å². The van der Waals surface area contributed by atoms with Gasteiger partial charge in [0.15, 0.2) is 5.82 Å². The van der Waals surface area contributed by atoms with E-state index in [4.69, 9.17) is 0 Å². The zero-order chi connectivity index (χ0) is 22.1. The molecular formula is C24H22N4O3. The first-order valence-corrected chi connectivity index (χ1v) is 9.90. The van der Waals surface area contributed by atoms with Gasteiger partial charge < -0.3 is 9.88 Å². The number of rotatable bonds is 4. The second-order valence-electron chi connectivity index (χ2n) is 7.43. The van der Waals surface area contributed by atoms with Crippen LogP contribution in [0.2, 0.25) is 0 Å². The number of aromatic nitrogens is 3. The standard InChI is InChI=1S/C24H22N4O3/c1-15(16-10-6-4-7-11-16)25-22(29)18-14-19-21(26-24(31)28(3)23(19)30)27(2)20(18)17-12-8-5-9-13-17/h4-15H,1-3H3,(H,25,29)/t15-/m1/s1. The molecule has 156 valence electrons. The van der Waals surface area contributed by atoms with Crippen molar-refractivity contribution >= 4 is 5.91 Å². The summed E-state index contributed by atoms with van der Waals surface area (Å²) in [5.41, 5.74) is 1.74. The Morgan fingerprint density at radius 1 is 0.935 bits per heavy atom. The molecular weight excluding hydrogens is 392 g/mol. The van der Waals surface area contributed by atoms with Crippen LogP contribution in [-0.4, -0.2) is 20.0 Å². The fraction of sp³-hybridized carbons (Fsp3) is 0.167. The Morgan fingerprint density at radius 3 is 2.19 bits per heavy atom. The number of nitrogens with one attached hydrogen (secondary N) is 1. The Bertz CT molecular complexity index is 1340. The van der Waals surface area contributed by atoms with Crippen LogP contribution in [0.1, 0.15) is 28.9 Å². The van der Waals surface area contributed by atoms with Gasteiger partial charge in [0.1, 0.15) is 0 Å². The van der Waals surface area contributed by atoms with Crippen molar-refractivity contribution in [2.75, 3.05) is 0 Å². The second kappa shape index (κ2) is 8.02. The van der Waals surface area contributed by atoms with Crippen LogP contribution in [0.5, 0.6) is 0 Å². The molecule has 0 saturated heterocycles. The number of carbonyl (C=O) groups is 1. The smallest absolute Gasteiger partial charge is 0.345 e. The van der Waals surface area contributed by atoms with Crippen molar-refractivity contribution in [1.29, 1.82) is 0 Å². The van der Waals surface area contributed by atoms with Crippen molar-refractivity contribution in [2.24, 2.45) is 14.1 Å². The molecule has 0 unspecified atom stereocenters. The minimum Gasteiger partial charge on any atom is -0.345 e. The molecule has 1 N–H and O–H groups in total. The average Bonchev–Trinajstić information content (AvgIpc) is 2.79. The molecule has 0 aliphatic carbocycles. The van der Waals surface area contributed by atoms with Gasteiger partial charge in [-0.15, -0.1) is 0 Å². The van der Waals surface area contributed by atoms with Crippen molar-refractivity contribution in [2.45, 2.75) is 13.0 Å². The monoisotopic (exact) mass is 414 g/mol. The topological polar surface area (TPSA) is 86.0 Å². The fourth-order valence-electron chi connectivity index (χ4n) is 3.69. The zero-order valence-electron chi connectivity index (χ0n) is 17.5. The Labute approximate surface area is 179 Å². The lowest BCUT2D eigenvalue weighted by atomic mass is 10.0. The van der Waals surface area contributed by atoms with Crippen LogP contribution in [0.25, 0.3) is 22.6 Å². The molecule has 0 bridgehead atoms. The van der Waals surface area contributed by atoms with Gasteiger partial charge in [-0.2, -0.15) is 4.98 Å². The van der Waals surface area contributed by atoms with E-state index in [1.54, 1.807) is 11.6 Å². The number of amides is 1. The summed E-state index contributed by atoms with van der Waals surface area (Å²) in [5, 5.41) is 3.02. The first-order chi connectivity index (χ1) is 14.9. The summed E-state index contributed by atoms with van der Waals surface area (Å²) < 4.78 is 2.58. The van der Waals surface area contributed by atoms with Gasteiger partial charge in [0.05, 0.1) is 22.9 Å². The number of hydrogen-bond donors (Lipinski definition) is 1. The van der Waals surface area contributed by atoms with Gasteiger partial charge in [0.25, 0.3) is 11.5 Å². The highest BCUT2D eigenvalue weighted by Gasteiger charge is 2.25. The van der Waals surface area contributed by atoms with E-state index in [1.165, 1.54) is 13.1 Å². The largest absolute Gasteiger partial charge is 0.352 e. The van der Waals surface area contributed by atoms with Crippen LogP contribution in [0.3, 0.4) is 0 Å². The number of nitrogens with zero attached hydrogens (tertiary/aromatic N) is 3. The molecule has 0 saturated carbocycles. The molecule has 1 amide bonds. The first-order valence-electron chi connectivity index (χ1n) is 9.90. The van der Waals surface area contributed by atoms with Crippen molar-refractivity contribution in [3.05, 3.63) is 98.7 Å². The van der Waals surface area contributed by atoms with E-state index in [1.807, 2.05) is 67.6 Å². The molecule has 2 aromatic rings. The first kappa shape index (κ1) is 20.3. The van der Waals surface area contributed by atoms with E-state index in [2.05, 4.69) is 10.3 Å². The van der Waals surface area contributed by atoms with Crippen molar-refractivity contribution in [3.63, 3.8) is 0 Å². The lowest BCUT2D eigenvalue weighted by molar-refractivity contribution is 0.0940. The summed E-state index contributed by atoms with van der Waals surface area (Å²) in [5.74, 6) is -0.0828. The van der Waals surface area contributed by atoms with E-state index in [-0.39, 0.29) is 23.3 Å². The minimum atomic E-state index is -0.637. The molecule has 31 heavy (non-hydrogen) atoms. The third kappa shape index (κ3) is 3.66. The highest BCUT2D eigenvalue weighted by molar-refractivity contribution is 6.01. The predicted octanol–water partition coefficient (Wildman–Crippen LogP) is 2.74. The van der Waals surface area contributed by atoms with Gasteiger partial charge in [-0.05, 0) is 24.1 Å². The molecule has 2 aromatic carbocycles. The number of fused-ring (bicyclic) bond motifs is 1. The molecule has 0 radical (unpaired) electrons. The van der Waals surface area contributed by atoms with Gasteiger partial charge in [0.2, 0.25) is 0 Å². The van der Waals surface area contributed by atoms with Gasteiger partial charge in [0, 0.05) is 14.1 Å². The van der Waals surface area contributed by atoms with E-state index >= 15 is 0 Å².